The third-order valence-corrected chi connectivity index (χ3v) is 8.17. The lowest BCUT2D eigenvalue weighted by molar-refractivity contribution is -0.118. The van der Waals surface area contributed by atoms with Crippen LogP contribution in [0.1, 0.15) is 36.8 Å². The zero-order valence-electron chi connectivity index (χ0n) is 18.7. The molecule has 2 aromatic carbocycles. The molecule has 0 radical (unpaired) electrons. The summed E-state index contributed by atoms with van der Waals surface area (Å²) in [6, 6.07) is 10.8. The number of carbonyl (C=O) groups is 1. The van der Waals surface area contributed by atoms with Gasteiger partial charge in [0.1, 0.15) is 0 Å². The number of piperidine rings is 1. The summed E-state index contributed by atoms with van der Waals surface area (Å²) in [5.41, 5.74) is 2.74. The second-order valence-electron chi connectivity index (χ2n) is 8.24. The zero-order valence-corrected chi connectivity index (χ0v) is 19.5. The first kappa shape index (κ1) is 22.6. The van der Waals surface area contributed by atoms with E-state index in [0.29, 0.717) is 55.3 Å². The molecule has 2 aliphatic rings. The van der Waals surface area contributed by atoms with Crippen molar-refractivity contribution in [3.63, 3.8) is 0 Å². The predicted octanol–water partition coefficient (Wildman–Crippen LogP) is 3.40. The van der Waals surface area contributed by atoms with Crippen LogP contribution in [0.4, 0.5) is 5.69 Å². The molecule has 1 amide bonds. The highest BCUT2D eigenvalue weighted by atomic mass is 32.2. The number of benzene rings is 2. The van der Waals surface area contributed by atoms with Crippen molar-refractivity contribution >= 4 is 21.6 Å². The van der Waals surface area contributed by atoms with Crippen molar-refractivity contribution in [2.75, 3.05) is 38.8 Å². The highest BCUT2D eigenvalue weighted by Crippen LogP contribution is 2.33. The van der Waals surface area contributed by atoms with Crippen LogP contribution >= 0.6 is 0 Å². The Labute approximate surface area is 190 Å². The molecule has 0 saturated carbocycles. The first-order chi connectivity index (χ1) is 15.4. The van der Waals surface area contributed by atoms with E-state index in [4.69, 9.17) is 9.47 Å². The second-order valence-corrected chi connectivity index (χ2v) is 10.2. The van der Waals surface area contributed by atoms with Gasteiger partial charge in [0.25, 0.3) is 0 Å². The number of sulfonamides is 1. The van der Waals surface area contributed by atoms with Crippen LogP contribution in [0.3, 0.4) is 0 Å². The Morgan fingerprint density at radius 1 is 0.938 bits per heavy atom. The number of methoxy groups -OCH3 is 2. The van der Waals surface area contributed by atoms with Gasteiger partial charge >= 0.3 is 0 Å². The van der Waals surface area contributed by atoms with E-state index in [-0.39, 0.29) is 5.91 Å². The fourth-order valence-electron chi connectivity index (χ4n) is 4.47. The lowest BCUT2D eigenvalue weighted by Gasteiger charge is -2.26. The van der Waals surface area contributed by atoms with Gasteiger partial charge in [0.2, 0.25) is 15.9 Å². The normalized spacial score (nSPS) is 16.6. The molecule has 32 heavy (non-hydrogen) atoms. The molecule has 8 heteroatoms. The summed E-state index contributed by atoms with van der Waals surface area (Å²) >= 11 is 0. The zero-order chi connectivity index (χ0) is 22.7. The van der Waals surface area contributed by atoms with Crippen molar-refractivity contribution in [3.8, 4) is 11.5 Å². The number of rotatable bonds is 7. The summed E-state index contributed by atoms with van der Waals surface area (Å²) in [6.45, 7) is 1.74. The van der Waals surface area contributed by atoms with Crippen LogP contribution in [0.2, 0.25) is 0 Å². The molecule has 0 aromatic heterocycles. The molecule has 0 atom stereocenters. The van der Waals surface area contributed by atoms with Crippen molar-refractivity contribution < 1.29 is 22.7 Å². The van der Waals surface area contributed by atoms with Gasteiger partial charge in [-0.05, 0) is 67.1 Å². The van der Waals surface area contributed by atoms with Gasteiger partial charge in [-0.25, -0.2) is 8.42 Å². The minimum absolute atomic E-state index is 0.0326. The lowest BCUT2D eigenvalue weighted by Crippen LogP contribution is -2.35. The number of amides is 1. The van der Waals surface area contributed by atoms with Gasteiger partial charge in [-0.2, -0.15) is 4.31 Å². The van der Waals surface area contributed by atoms with Crippen LogP contribution in [0, 0.1) is 0 Å². The van der Waals surface area contributed by atoms with E-state index < -0.39 is 10.0 Å². The summed E-state index contributed by atoms with van der Waals surface area (Å²) in [4.78, 5) is 15.0. The van der Waals surface area contributed by atoms with Gasteiger partial charge in [0, 0.05) is 31.7 Å². The van der Waals surface area contributed by atoms with Crippen LogP contribution < -0.4 is 14.4 Å². The molecule has 4 rings (SSSR count). The standard InChI is InChI=1S/C24H30N2O5S/c1-30-22-10-6-18(16-23(22)31-2)7-11-24(27)26-15-12-19-17-20(8-9-21(19)26)32(28,29)25-13-4-3-5-14-25/h6,8-10,16-17H,3-5,7,11-15H2,1-2H3. The van der Waals surface area contributed by atoms with E-state index >= 15 is 0 Å². The summed E-state index contributed by atoms with van der Waals surface area (Å²) in [5, 5.41) is 0. The third kappa shape index (κ3) is 4.47. The Morgan fingerprint density at radius 2 is 1.69 bits per heavy atom. The maximum Gasteiger partial charge on any atom is 0.243 e. The highest BCUT2D eigenvalue weighted by Gasteiger charge is 2.30. The van der Waals surface area contributed by atoms with Crippen LogP contribution in [0.25, 0.3) is 0 Å². The molecule has 0 N–H and O–H groups in total. The van der Waals surface area contributed by atoms with Crippen LogP contribution in [-0.4, -0.2) is 52.5 Å². The molecule has 2 heterocycles. The van der Waals surface area contributed by atoms with Crippen molar-refractivity contribution in [1.82, 2.24) is 4.31 Å². The van der Waals surface area contributed by atoms with Gasteiger partial charge in [-0.3, -0.25) is 4.79 Å². The van der Waals surface area contributed by atoms with E-state index in [2.05, 4.69) is 0 Å². The molecule has 0 aliphatic carbocycles. The molecular formula is C24H30N2O5S. The van der Waals surface area contributed by atoms with E-state index in [1.165, 1.54) is 0 Å². The largest absolute Gasteiger partial charge is 0.493 e. The Balaban J connectivity index is 1.44. The van der Waals surface area contributed by atoms with Gasteiger partial charge in [0.05, 0.1) is 19.1 Å². The molecule has 2 aromatic rings. The van der Waals surface area contributed by atoms with Gasteiger partial charge in [0.15, 0.2) is 11.5 Å². The predicted molar refractivity (Wildman–Crippen MR) is 123 cm³/mol. The molecule has 1 saturated heterocycles. The number of aryl methyl sites for hydroxylation is 1. The summed E-state index contributed by atoms with van der Waals surface area (Å²) in [5.74, 6) is 1.34. The smallest absolute Gasteiger partial charge is 0.243 e. The molecule has 0 spiro atoms. The number of anilines is 1. The van der Waals surface area contributed by atoms with Crippen LogP contribution in [0.5, 0.6) is 11.5 Å². The van der Waals surface area contributed by atoms with Gasteiger partial charge < -0.3 is 14.4 Å². The fourth-order valence-corrected chi connectivity index (χ4v) is 6.04. The Morgan fingerprint density at radius 3 is 2.41 bits per heavy atom. The molecule has 0 unspecified atom stereocenters. The number of carbonyl (C=O) groups excluding carboxylic acids is 1. The van der Waals surface area contributed by atoms with Crippen LogP contribution in [0.15, 0.2) is 41.3 Å². The number of fused-ring (bicyclic) bond motifs is 1. The maximum atomic E-state index is 13.0. The number of nitrogens with zero attached hydrogens (tertiary/aromatic N) is 2. The molecule has 7 nitrogen and oxygen atoms in total. The SMILES string of the molecule is COc1ccc(CCC(=O)N2CCc3cc(S(=O)(=O)N4CCCCC4)ccc32)cc1OC. The van der Waals surface area contributed by atoms with E-state index in [0.717, 1.165) is 36.1 Å². The van der Waals surface area contributed by atoms with Gasteiger partial charge in [-0.1, -0.05) is 12.5 Å². The number of hydrogen-bond acceptors (Lipinski definition) is 5. The molecule has 1 fully saturated rings. The number of ether oxygens (including phenoxy) is 2. The third-order valence-electron chi connectivity index (χ3n) is 6.28. The van der Waals surface area contributed by atoms with E-state index in [9.17, 15) is 13.2 Å². The van der Waals surface area contributed by atoms with E-state index in [1.807, 2.05) is 18.2 Å². The van der Waals surface area contributed by atoms with E-state index in [1.54, 1.807) is 41.6 Å². The molecule has 2 aliphatic heterocycles. The Kier molecular flexibility index (Phi) is 6.71. The van der Waals surface area contributed by atoms with Crippen molar-refractivity contribution in [1.29, 1.82) is 0 Å². The highest BCUT2D eigenvalue weighted by molar-refractivity contribution is 7.89. The fraction of sp³-hybridized carbons (Fsp3) is 0.458. The first-order valence-electron chi connectivity index (χ1n) is 11.1. The molecule has 172 valence electrons. The number of hydrogen-bond donors (Lipinski definition) is 0. The Bertz CT molecular complexity index is 1090. The second kappa shape index (κ2) is 9.50. The van der Waals surface area contributed by atoms with Crippen molar-refractivity contribution in [2.24, 2.45) is 0 Å². The Hall–Kier alpha value is -2.58. The topological polar surface area (TPSA) is 76.2 Å². The lowest BCUT2D eigenvalue weighted by atomic mass is 10.1. The monoisotopic (exact) mass is 458 g/mol. The molecular weight excluding hydrogens is 428 g/mol. The van der Waals surface area contributed by atoms with Gasteiger partial charge in [-0.15, -0.1) is 0 Å². The average Bonchev–Trinajstić information content (AvgIpc) is 3.26. The summed E-state index contributed by atoms with van der Waals surface area (Å²) < 4.78 is 38.2. The van der Waals surface area contributed by atoms with Crippen molar-refractivity contribution in [3.05, 3.63) is 47.5 Å². The first-order valence-corrected chi connectivity index (χ1v) is 12.5. The van der Waals surface area contributed by atoms with Crippen LogP contribution in [-0.2, 0) is 27.7 Å². The maximum absolute atomic E-state index is 13.0. The minimum Gasteiger partial charge on any atom is -0.493 e. The van der Waals surface area contributed by atoms with Crippen molar-refractivity contribution in [2.45, 2.75) is 43.4 Å². The average molecular weight is 459 g/mol. The summed E-state index contributed by atoms with van der Waals surface area (Å²) in [6.07, 6.45) is 4.52. The molecule has 0 bridgehead atoms. The quantitative estimate of drug-likeness (QED) is 0.636. The summed E-state index contributed by atoms with van der Waals surface area (Å²) in [7, 11) is -0.289. The minimum atomic E-state index is -3.47.